The zero-order valence-electron chi connectivity index (χ0n) is 13.9. The number of aryl methyl sites for hydroxylation is 1. The highest BCUT2D eigenvalue weighted by molar-refractivity contribution is 5.14. The summed E-state index contributed by atoms with van der Waals surface area (Å²) in [4.78, 5) is 2.70. The van der Waals surface area contributed by atoms with Gasteiger partial charge >= 0.3 is 0 Å². The summed E-state index contributed by atoms with van der Waals surface area (Å²) < 4.78 is 0. The van der Waals surface area contributed by atoms with Crippen LogP contribution in [0.3, 0.4) is 0 Å². The highest BCUT2D eigenvalue weighted by atomic mass is 15.2. The molecule has 1 aromatic carbocycles. The second-order valence-corrected chi connectivity index (χ2v) is 6.52. The predicted molar refractivity (Wildman–Crippen MR) is 91.7 cm³/mol. The van der Waals surface area contributed by atoms with E-state index in [2.05, 4.69) is 54.4 Å². The van der Waals surface area contributed by atoms with Crippen molar-refractivity contribution in [1.29, 1.82) is 0 Å². The lowest BCUT2D eigenvalue weighted by atomic mass is 10.0. The van der Waals surface area contributed by atoms with Crippen LogP contribution in [-0.4, -0.2) is 36.6 Å². The van der Waals surface area contributed by atoms with E-state index in [1.54, 1.807) is 0 Å². The van der Waals surface area contributed by atoms with E-state index in [0.717, 1.165) is 0 Å². The van der Waals surface area contributed by atoms with Crippen molar-refractivity contribution in [2.24, 2.45) is 0 Å². The van der Waals surface area contributed by atoms with Gasteiger partial charge in [-0.25, -0.2) is 0 Å². The van der Waals surface area contributed by atoms with Crippen molar-refractivity contribution < 1.29 is 0 Å². The molecular formula is C19H32N2. The Bertz CT molecular complexity index is 370. The van der Waals surface area contributed by atoms with Gasteiger partial charge in [0.1, 0.15) is 0 Å². The molecule has 2 atom stereocenters. The molecule has 1 saturated heterocycles. The lowest BCUT2D eigenvalue weighted by Crippen LogP contribution is -2.46. The first-order valence-corrected chi connectivity index (χ1v) is 8.81. The molecule has 1 aromatic rings. The third-order valence-corrected chi connectivity index (χ3v) is 4.70. The van der Waals surface area contributed by atoms with Gasteiger partial charge in [-0.3, -0.25) is 4.90 Å². The van der Waals surface area contributed by atoms with Crippen molar-refractivity contribution in [1.82, 2.24) is 10.2 Å². The molecule has 0 radical (unpaired) electrons. The molecule has 1 heterocycles. The number of rotatable bonds is 8. The quantitative estimate of drug-likeness (QED) is 0.781. The minimum absolute atomic E-state index is 0.675. The van der Waals surface area contributed by atoms with Gasteiger partial charge in [0.2, 0.25) is 0 Å². The van der Waals surface area contributed by atoms with Gasteiger partial charge in [-0.15, -0.1) is 0 Å². The summed E-state index contributed by atoms with van der Waals surface area (Å²) >= 11 is 0. The first-order valence-electron chi connectivity index (χ1n) is 8.81. The van der Waals surface area contributed by atoms with Crippen molar-refractivity contribution in [3.63, 3.8) is 0 Å². The Balaban J connectivity index is 1.81. The summed E-state index contributed by atoms with van der Waals surface area (Å²) in [6, 6.07) is 12.3. The van der Waals surface area contributed by atoms with E-state index in [1.807, 2.05) is 0 Å². The Hall–Kier alpha value is -0.860. The molecule has 0 saturated carbocycles. The van der Waals surface area contributed by atoms with Crippen molar-refractivity contribution in [3.05, 3.63) is 35.9 Å². The van der Waals surface area contributed by atoms with Gasteiger partial charge in [0.15, 0.2) is 0 Å². The number of benzene rings is 1. The summed E-state index contributed by atoms with van der Waals surface area (Å²) in [7, 11) is 0. The van der Waals surface area contributed by atoms with Gasteiger partial charge in [0, 0.05) is 18.6 Å². The molecular weight excluding hydrogens is 256 g/mol. The minimum atomic E-state index is 0.675. The van der Waals surface area contributed by atoms with Crippen LogP contribution in [-0.2, 0) is 6.42 Å². The smallest absolute Gasteiger partial charge is 0.0195 e. The highest BCUT2D eigenvalue weighted by Gasteiger charge is 2.19. The monoisotopic (exact) mass is 288 g/mol. The predicted octanol–water partition coefficient (Wildman–Crippen LogP) is 3.86. The molecule has 0 aromatic heterocycles. The van der Waals surface area contributed by atoms with Crippen molar-refractivity contribution in [2.45, 2.75) is 64.5 Å². The molecule has 2 unspecified atom stereocenters. The fourth-order valence-electron chi connectivity index (χ4n) is 3.34. The number of nitrogens with zero attached hydrogens (tertiary/aromatic N) is 1. The van der Waals surface area contributed by atoms with Gasteiger partial charge in [0.25, 0.3) is 0 Å². The van der Waals surface area contributed by atoms with Crippen molar-refractivity contribution >= 4 is 0 Å². The van der Waals surface area contributed by atoms with E-state index in [4.69, 9.17) is 0 Å². The number of hydrogen-bond donors (Lipinski definition) is 1. The molecule has 1 aliphatic heterocycles. The van der Waals surface area contributed by atoms with Gasteiger partial charge in [-0.1, -0.05) is 43.7 Å². The molecule has 2 nitrogen and oxygen atoms in total. The summed E-state index contributed by atoms with van der Waals surface area (Å²) in [5.74, 6) is 0. The first-order chi connectivity index (χ1) is 10.3. The van der Waals surface area contributed by atoms with Crippen LogP contribution >= 0.6 is 0 Å². The fourth-order valence-corrected chi connectivity index (χ4v) is 3.34. The molecule has 1 aliphatic rings. The van der Waals surface area contributed by atoms with Crippen LogP contribution in [0.1, 0.15) is 51.5 Å². The van der Waals surface area contributed by atoms with Gasteiger partial charge in [-0.05, 0) is 57.7 Å². The molecule has 0 spiro atoms. The molecule has 21 heavy (non-hydrogen) atoms. The molecule has 2 rings (SSSR count). The zero-order valence-corrected chi connectivity index (χ0v) is 13.9. The Morgan fingerprint density at radius 2 is 2.05 bits per heavy atom. The van der Waals surface area contributed by atoms with Crippen LogP contribution in [0.15, 0.2) is 30.3 Å². The maximum atomic E-state index is 3.69. The van der Waals surface area contributed by atoms with E-state index in [0.29, 0.717) is 12.1 Å². The molecule has 1 fully saturated rings. The van der Waals surface area contributed by atoms with E-state index < -0.39 is 0 Å². The summed E-state index contributed by atoms with van der Waals surface area (Å²) in [6.45, 7) is 8.37. The third-order valence-electron chi connectivity index (χ3n) is 4.70. The van der Waals surface area contributed by atoms with Crippen LogP contribution < -0.4 is 5.32 Å². The number of nitrogens with one attached hydrogen (secondary N) is 1. The maximum absolute atomic E-state index is 3.69. The van der Waals surface area contributed by atoms with E-state index >= 15 is 0 Å². The van der Waals surface area contributed by atoms with Crippen molar-refractivity contribution in [2.75, 3.05) is 19.6 Å². The summed E-state index contributed by atoms with van der Waals surface area (Å²) in [5, 5.41) is 3.69. The molecule has 0 amide bonds. The van der Waals surface area contributed by atoms with E-state index in [9.17, 15) is 0 Å². The van der Waals surface area contributed by atoms with Crippen LogP contribution in [0.25, 0.3) is 0 Å². The summed E-state index contributed by atoms with van der Waals surface area (Å²) in [6.07, 6.45) is 7.81. The van der Waals surface area contributed by atoms with Crippen molar-refractivity contribution in [3.8, 4) is 0 Å². The Morgan fingerprint density at radius 3 is 2.71 bits per heavy atom. The van der Waals surface area contributed by atoms with Crippen LogP contribution in [0.2, 0.25) is 0 Å². The van der Waals surface area contributed by atoms with Crippen LogP contribution in [0, 0.1) is 0 Å². The minimum Gasteiger partial charge on any atom is -0.313 e. The van der Waals surface area contributed by atoms with E-state index in [-0.39, 0.29) is 0 Å². The van der Waals surface area contributed by atoms with Gasteiger partial charge in [0.05, 0.1) is 0 Å². The maximum Gasteiger partial charge on any atom is 0.0195 e. The lowest BCUT2D eigenvalue weighted by molar-refractivity contribution is 0.168. The van der Waals surface area contributed by atoms with E-state index in [1.165, 1.54) is 63.7 Å². The Kier molecular flexibility index (Phi) is 7.25. The molecule has 0 aliphatic carbocycles. The highest BCUT2D eigenvalue weighted by Crippen LogP contribution is 2.14. The average Bonchev–Trinajstić information content (AvgIpc) is 2.54. The third kappa shape index (κ3) is 5.80. The Labute approximate surface area is 130 Å². The molecule has 1 N–H and O–H groups in total. The number of piperidine rings is 1. The average molecular weight is 288 g/mol. The second kappa shape index (κ2) is 9.22. The zero-order chi connectivity index (χ0) is 14.9. The normalized spacial score (nSPS) is 20.6. The summed E-state index contributed by atoms with van der Waals surface area (Å²) in [5.41, 5.74) is 1.47. The van der Waals surface area contributed by atoms with Gasteiger partial charge < -0.3 is 5.32 Å². The SMILES string of the molecule is CCCN(CC1CCCCN1)C(C)CCc1ccccc1. The Morgan fingerprint density at radius 1 is 1.24 bits per heavy atom. The number of hydrogen-bond acceptors (Lipinski definition) is 2. The molecule has 118 valence electrons. The lowest BCUT2D eigenvalue weighted by Gasteiger charge is -2.34. The van der Waals surface area contributed by atoms with Crippen LogP contribution in [0.5, 0.6) is 0 Å². The van der Waals surface area contributed by atoms with Crippen LogP contribution in [0.4, 0.5) is 0 Å². The topological polar surface area (TPSA) is 15.3 Å². The fraction of sp³-hybridized carbons (Fsp3) is 0.684. The largest absolute Gasteiger partial charge is 0.313 e. The standard InChI is InChI=1S/C19H32N2/c1-3-15-21(16-19-11-7-8-14-20-19)17(2)12-13-18-9-5-4-6-10-18/h4-6,9-10,17,19-20H,3,7-8,11-16H2,1-2H3. The molecule has 2 heteroatoms. The second-order valence-electron chi connectivity index (χ2n) is 6.52. The molecule has 0 bridgehead atoms. The first kappa shape index (κ1) is 16.5. The van der Waals surface area contributed by atoms with Gasteiger partial charge in [-0.2, -0.15) is 0 Å².